The predicted octanol–water partition coefficient (Wildman–Crippen LogP) is 2.49. The van der Waals surface area contributed by atoms with Gasteiger partial charge in [0.05, 0.1) is 16.8 Å². The Morgan fingerprint density at radius 2 is 2.08 bits per heavy atom. The molecule has 0 bridgehead atoms. The fourth-order valence-corrected chi connectivity index (χ4v) is 3.54. The van der Waals surface area contributed by atoms with Gasteiger partial charge in [-0.15, -0.1) is 0 Å². The van der Waals surface area contributed by atoms with E-state index in [0.29, 0.717) is 17.8 Å². The molecule has 24 heavy (non-hydrogen) atoms. The molecule has 2 N–H and O–H groups in total. The Labute approximate surface area is 142 Å². The normalized spacial score (nSPS) is 15.5. The number of rotatable bonds is 4. The lowest BCUT2D eigenvalue weighted by atomic mass is 9.78. The van der Waals surface area contributed by atoms with Gasteiger partial charge in [-0.1, -0.05) is 18.6 Å². The van der Waals surface area contributed by atoms with Gasteiger partial charge in [-0.05, 0) is 43.6 Å². The third-order valence-corrected chi connectivity index (χ3v) is 4.88. The number of anilines is 1. The lowest BCUT2D eigenvalue weighted by molar-refractivity contribution is 0.362. The molecule has 0 spiro atoms. The zero-order valence-electron chi connectivity index (χ0n) is 13.9. The van der Waals surface area contributed by atoms with Gasteiger partial charge in [0.2, 0.25) is 0 Å². The molecular formula is C18H22BN3O2. The summed E-state index contributed by atoms with van der Waals surface area (Å²) < 4.78 is 0. The van der Waals surface area contributed by atoms with Crippen LogP contribution in [0.5, 0.6) is 0 Å². The molecule has 2 aromatic rings. The second kappa shape index (κ2) is 7.21. The van der Waals surface area contributed by atoms with E-state index in [1.54, 1.807) is 6.20 Å². The Balaban J connectivity index is 1.83. The molecule has 1 fully saturated rings. The number of piperidine rings is 1. The van der Waals surface area contributed by atoms with E-state index in [0.717, 1.165) is 54.5 Å². The van der Waals surface area contributed by atoms with E-state index < -0.39 is 7.12 Å². The van der Waals surface area contributed by atoms with Crippen molar-refractivity contribution in [2.24, 2.45) is 5.92 Å². The topological polar surface area (TPSA) is 80.4 Å². The quantitative estimate of drug-likeness (QED) is 0.845. The number of pyridine rings is 1. The summed E-state index contributed by atoms with van der Waals surface area (Å²) in [4.78, 5) is 6.71. The highest BCUT2D eigenvalue weighted by Crippen LogP contribution is 2.33. The number of hydrogen-bond donors (Lipinski definition) is 2. The largest absolute Gasteiger partial charge is 0.451 e. The Bertz CT molecular complexity index is 765. The molecule has 0 amide bonds. The molecule has 3 rings (SSSR count). The number of aromatic nitrogens is 1. The summed E-state index contributed by atoms with van der Waals surface area (Å²) in [6.45, 7) is 3.81. The average molecular weight is 323 g/mol. The van der Waals surface area contributed by atoms with E-state index in [2.05, 4.69) is 34.2 Å². The first kappa shape index (κ1) is 16.8. The fourth-order valence-electron chi connectivity index (χ4n) is 3.54. The Hall–Kier alpha value is -2.10. The van der Waals surface area contributed by atoms with Crippen molar-refractivity contribution in [2.45, 2.75) is 32.5 Å². The first-order valence-electron chi connectivity index (χ1n) is 8.49. The zero-order valence-corrected chi connectivity index (χ0v) is 13.9. The van der Waals surface area contributed by atoms with Crippen LogP contribution in [0.4, 0.5) is 5.69 Å². The monoisotopic (exact) mass is 323 g/mol. The Kier molecular flexibility index (Phi) is 5.03. The minimum absolute atomic E-state index is 0.436. The van der Waals surface area contributed by atoms with Crippen LogP contribution in [0, 0.1) is 24.2 Å². The number of nitrogens with zero attached hydrogens (tertiary/aromatic N) is 3. The maximum Gasteiger partial charge on any atom is 0.451 e. The Morgan fingerprint density at radius 3 is 2.75 bits per heavy atom. The molecule has 6 heteroatoms. The molecule has 1 saturated heterocycles. The van der Waals surface area contributed by atoms with E-state index >= 15 is 0 Å². The van der Waals surface area contributed by atoms with Gasteiger partial charge in [0.1, 0.15) is 6.07 Å². The van der Waals surface area contributed by atoms with E-state index in [9.17, 15) is 5.26 Å². The van der Waals surface area contributed by atoms with Gasteiger partial charge in [0.25, 0.3) is 0 Å². The van der Waals surface area contributed by atoms with Crippen molar-refractivity contribution in [2.75, 3.05) is 18.0 Å². The lowest BCUT2D eigenvalue weighted by Crippen LogP contribution is -2.34. The van der Waals surface area contributed by atoms with Gasteiger partial charge in [-0.25, -0.2) is 0 Å². The van der Waals surface area contributed by atoms with E-state index in [-0.39, 0.29) is 0 Å². The Morgan fingerprint density at radius 1 is 1.33 bits per heavy atom. The molecule has 0 radical (unpaired) electrons. The van der Waals surface area contributed by atoms with Crippen LogP contribution in [0.25, 0.3) is 10.9 Å². The third kappa shape index (κ3) is 3.53. The van der Waals surface area contributed by atoms with Crippen LogP contribution in [-0.2, 0) is 0 Å². The molecule has 0 unspecified atom stereocenters. The van der Waals surface area contributed by atoms with Gasteiger partial charge in [0.15, 0.2) is 0 Å². The summed E-state index contributed by atoms with van der Waals surface area (Å²) in [6, 6.07) is 8.45. The van der Waals surface area contributed by atoms with Crippen LogP contribution in [0.1, 0.15) is 30.4 Å². The number of nitriles is 1. The maximum absolute atomic E-state index is 9.49. The highest BCUT2D eigenvalue weighted by Gasteiger charge is 2.24. The van der Waals surface area contributed by atoms with E-state index in [1.807, 2.05) is 6.92 Å². The fraction of sp³-hybridized carbons (Fsp3) is 0.444. The van der Waals surface area contributed by atoms with Gasteiger partial charge in [-0.3, -0.25) is 4.98 Å². The second-order valence-electron chi connectivity index (χ2n) is 6.64. The smallest absolute Gasteiger partial charge is 0.427 e. The summed E-state index contributed by atoms with van der Waals surface area (Å²) in [5.74, 6) is 0.518. The van der Waals surface area contributed by atoms with Crippen molar-refractivity contribution in [3.05, 3.63) is 35.5 Å². The van der Waals surface area contributed by atoms with E-state index in [1.165, 1.54) is 0 Å². The molecule has 0 aliphatic carbocycles. The predicted molar refractivity (Wildman–Crippen MR) is 95.7 cm³/mol. The average Bonchev–Trinajstić information content (AvgIpc) is 2.59. The third-order valence-electron chi connectivity index (χ3n) is 4.88. The van der Waals surface area contributed by atoms with E-state index in [4.69, 9.17) is 10.0 Å². The van der Waals surface area contributed by atoms with Crippen molar-refractivity contribution in [3.8, 4) is 6.07 Å². The van der Waals surface area contributed by atoms with Gasteiger partial charge >= 0.3 is 7.12 Å². The van der Waals surface area contributed by atoms with Crippen molar-refractivity contribution >= 4 is 23.7 Å². The molecule has 0 atom stereocenters. The van der Waals surface area contributed by atoms with Crippen molar-refractivity contribution in [1.82, 2.24) is 4.98 Å². The molecule has 124 valence electrons. The first-order chi connectivity index (χ1) is 11.6. The first-order valence-corrected chi connectivity index (χ1v) is 8.49. The summed E-state index contributed by atoms with van der Waals surface area (Å²) in [6.07, 6.45) is 4.96. The molecule has 1 aliphatic heterocycles. The molecule has 1 aliphatic rings. The maximum atomic E-state index is 9.49. The SMILES string of the molecule is Cc1ccc2c(N3CCC(CCB(O)O)CC3)c(C#N)cnc2c1. The highest BCUT2D eigenvalue weighted by molar-refractivity contribution is 6.40. The molecule has 0 saturated carbocycles. The highest BCUT2D eigenvalue weighted by atomic mass is 16.4. The molecule has 5 nitrogen and oxygen atoms in total. The van der Waals surface area contributed by atoms with Crippen LogP contribution >= 0.6 is 0 Å². The summed E-state index contributed by atoms with van der Waals surface area (Å²) in [5.41, 5.74) is 3.69. The number of benzene rings is 1. The van der Waals surface area contributed by atoms with Crippen LogP contribution in [0.15, 0.2) is 24.4 Å². The summed E-state index contributed by atoms with van der Waals surface area (Å²) in [5, 5.41) is 28.6. The molecule has 2 heterocycles. The minimum Gasteiger partial charge on any atom is -0.427 e. The molecule has 1 aromatic carbocycles. The standard InChI is InChI=1S/C18H22BN3O2/c1-13-2-3-16-17(10-13)21-12-15(11-20)18(16)22-8-5-14(6-9-22)4-7-19(23)24/h2-3,10,12,14,23-24H,4-9H2,1H3. The molecule has 1 aromatic heterocycles. The lowest BCUT2D eigenvalue weighted by Gasteiger charge is -2.34. The van der Waals surface area contributed by atoms with Crippen LogP contribution in [0.2, 0.25) is 6.32 Å². The minimum atomic E-state index is -1.21. The summed E-state index contributed by atoms with van der Waals surface area (Å²) in [7, 11) is -1.21. The van der Waals surface area contributed by atoms with Gasteiger partial charge < -0.3 is 14.9 Å². The van der Waals surface area contributed by atoms with Crippen molar-refractivity contribution < 1.29 is 10.0 Å². The van der Waals surface area contributed by atoms with Crippen LogP contribution < -0.4 is 4.90 Å². The van der Waals surface area contributed by atoms with Crippen molar-refractivity contribution in [3.63, 3.8) is 0 Å². The molecular weight excluding hydrogens is 301 g/mol. The number of hydrogen-bond acceptors (Lipinski definition) is 5. The summed E-state index contributed by atoms with van der Waals surface area (Å²) >= 11 is 0. The van der Waals surface area contributed by atoms with Crippen LogP contribution in [-0.4, -0.2) is 35.2 Å². The zero-order chi connectivity index (χ0) is 17.1. The van der Waals surface area contributed by atoms with Gasteiger partial charge in [-0.2, -0.15) is 5.26 Å². The number of aryl methyl sites for hydroxylation is 1. The van der Waals surface area contributed by atoms with Crippen LogP contribution in [0.3, 0.4) is 0 Å². The van der Waals surface area contributed by atoms with Gasteiger partial charge in [0, 0.05) is 24.7 Å². The van der Waals surface area contributed by atoms with Crippen molar-refractivity contribution in [1.29, 1.82) is 5.26 Å². The number of fused-ring (bicyclic) bond motifs is 1. The second-order valence-corrected chi connectivity index (χ2v) is 6.64.